The van der Waals surface area contributed by atoms with E-state index in [0.29, 0.717) is 12.8 Å². The van der Waals surface area contributed by atoms with Gasteiger partial charge in [0.25, 0.3) is 0 Å². The van der Waals surface area contributed by atoms with E-state index in [2.05, 4.69) is 0 Å². The van der Waals surface area contributed by atoms with Crippen molar-refractivity contribution in [3.63, 3.8) is 0 Å². The quantitative estimate of drug-likeness (QED) is 0.766. The van der Waals surface area contributed by atoms with E-state index in [1.165, 1.54) is 0 Å². The first-order valence-corrected chi connectivity index (χ1v) is 6.55. The lowest BCUT2D eigenvalue weighted by Gasteiger charge is -2.18. The van der Waals surface area contributed by atoms with Crippen molar-refractivity contribution >= 4 is 11.9 Å². The van der Waals surface area contributed by atoms with Gasteiger partial charge >= 0.3 is 11.9 Å². The van der Waals surface area contributed by atoms with E-state index in [1.54, 1.807) is 0 Å². The summed E-state index contributed by atoms with van der Waals surface area (Å²) < 4.78 is 10.3. The molecule has 1 saturated heterocycles. The second-order valence-corrected chi connectivity index (χ2v) is 4.84. The van der Waals surface area contributed by atoms with Crippen LogP contribution in [0.2, 0.25) is 0 Å². The van der Waals surface area contributed by atoms with Gasteiger partial charge in [0.05, 0.1) is 18.4 Å². The summed E-state index contributed by atoms with van der Waals surface area (Å²) in [4.78, 5) is 23.3. The average Bonchev–Trinajstić information content (AvgIpc) is 2.43. The number of esters is 2. The number of rotatable bonds is 2. The minimum atomic E-state index is -0.305. The Morgan fingerprint density at radius 2 is 1.95 bits per heavy atom. The predicted molar refractivity (Wildman–Crippen MR) is 69.4 cm³/mol. The van der Waals surface area contributed by atoms with Gasteiger partial charge in [0, 0.05) is 0 Å². The molecule has 1 heterocycles. The van der Waals surface area contributed by atoms with Gasteiger partial charge in [-0.25, -0.2) is 0 Å². The zero-order valence-electron chi connectivity index (χ0n) is 11.0. The molecule has 1 aromatic rings. The summed E-state index contributed by atoms with van der Waals surface area (Å²) >= 11 is 0. The van der Waals surface area contributed by atoms with Crippen molar-refractivity contribution < 1.29 is 19.1 Å². The second-order valence-electron chi connectivity index (χ2n) is 4.84. The SMILES string of the molecule is C[C@H]1C[C@@H](Cc2ccccc2)C(=O)OCCC(=O)O1. The lowest BCUT2D eigenvalue weighted by atomic mass is 9.94. The van der Waals surface area contributed by atoms with E-state index in [1.807, 2.05) is 37.3 Å². The van der Waals surface area contributed by atoms with Gasteiger partial charge in [-0.2, -0.15) is 0 Å². The normalized spacial score (nSPS) is 24.7. The van der Waals surface area contributed by atoms with Crippen LogP contribution in [0.1, 0.15) is 25.3 Å². The molecule has 0 N–H and O–H groups in total. The van der Waals surface area contributed by atoms with Gasteiger partial charge in [0.1, 0.15) is 6.61 Å². The topological polar surface area (TPSA) is 52.6 Å². The molecular weight excluding hydrogens is 244 g/mol. The van der Waals surface area contributed by atoms with Crippen molar-refractivity contribution in [2.45, 2.75) is 32.3 Å². The van der Waals surface area contributed by atoms with Gasteiger partial charge in [-0.3, -0.25) is 9.59 Å². The number of ether oxygens (including phenoxy) is 2. The Bertz CT molecular complexity index is 441. The predicted octanol–water partition coefficient (Wildman–Crippen LogP) is 2.11. The first-order valence-electron chi connectivity index (χ1n) is 6.55. The first-order chi connectivity index (χ1) is 9.15. The molecule has 0 saturated carbocycles. The highest BCUT2D eigenvalue weighted by atomic mass is 16.6. The molecule has 4 nitrogen and oxygen atoms in total. The molecule has 4 heteroatoms. The van der Waals surface area contributed by atoms with E-state index in [0.717, 1.165) is 5.56 Å². The fraction of sp³-hybridized carbons (Fsp3) is 0.467. The van der Waals surface area contributed by atoms with Crippen LogP contribution in [-0.4, -0.2) is 24.6 Å². The van der Waals surface area contributed by atoms with Crippen molar-refractivity contribution in [1.82, 2.24) is 0 Å². The molecule has 2 atom stereocenters. The minimum absolute atomic E-state index is 0.107. The Balaban J connectivity index is 2.07. The summed E-state index contributed by atoms with van der Waals surface area (Å²) in [5.74, 6) is -0.807. The zero-order chi connectivity index (χ0) is 13.7. The van der Waals surface area contributed by atoms with Crippen molar-refractivity contribution in [2.75, 3.05) is 6.61 Å². The number of carbonyl (C=O) groups excluding carboxylic acids is 2. The Morgan fingerprint density at radius 1 is 1.21 bits per heavy atom. The van der Waals surface area contributed by atoms with Gasteiger partial charge in [-0.15, -0.1) is 0 Å². The maximum Gasteiger partial charge on any atom is 0.309 e. The van der Waals surface area contributed by atoms with Crippen LogP contribution in [0.4, 0.5) is 0 Å². The molecule has 0 radical (unpaired) electrons. The number of benzene rings is 1. The number of hydrogen-bond donors (Lipinski definition) is 0. The van der Waals surface area contributed by atoms with Crippen molar-refractivity contribution in [2.24, 2.45) is 5.92 Å². The molecule has 1 aliphatic rings. The fourth-order valence-corrected chi connectivity index (χ4v) is 2.25. The van der Waals surface area contributed by atoms with Gasteiger partial charge in [0.15, 0.2) is 0 Å². The maximum absolute atomic E-state index is 12.0. The molecule has 1 aliphatic heterocycles. The van der Waals surface area contributed by atoms with Crippen LogP contribution in [0, 0.1) is 5.92 Å². The van der Waals surface area contributed by atoms with Gasteiger partial charge in [-0.1, -0.05) is 30.3 Å². The van der Waals surface area contributed by atoms with Crippen LogP contribution in [0.5, 0.6) is 0 Å². The van der Waals surface area contributed by atoms with E-state index in [4.69, 9.17) is 9.47 Å². The maximum atomic E-state index is 12.0. The Kier molecular flexibility index (Phi) is 4.55. The van der Waals surface area contributed by atoms with Crippen LogP contribution in [-0.2, 0) is 25.5 Å². The third kappa shape index (κ3) is 4.09. The molecule has 2 rings (SSSR count). The van der Waals surface area contributed by atoms with Gasteiger partial charge in [-0.05, 0) is 25.3 Å². The highest BCUT2D eigenvalue weighted by molar-refractivity contribution is 5.75. The average molecular weight is 262 g/mol. The highest BCUT2D eigenvalue weighted by Crippen LogP contribution is 2.19. The summed E-state index contributed by atoms with van der Waals surface area (Å²) in [7, 11) is 0. The zero-order valence-corrected chi connectivity index (χ0v) is 11.0. The number of carbonyl (C=O) groups is 2. The number of hydrogen-bond acceptors (Lipinski definition) is 4. The standard InChI is InChI=1S/C15H18O4/c1-11-9-13(10-12-5-3-2-4-6-12)15(17)18-8-7-14(16)19-11/h2-6,11,13H,7-10H2,1H3/t11-,13-/m0/s1. The molecule has 1 fully saturated rings. The summed E-state index contributed by atoms with van der Waals surface area (Å²) in [5, 5.41) is 0. The van der Waals surface area contributed by atoms with E-state index >= 15 is 0 Å². The first kappa shape index (κ1) is 13.6. The van der Waals surface area contributed by atoms with Crippen LogP contribution in [0.25, 0.3) is 0 Å². The molecule has 19 heavy (non-hydrogen) atoms. The lowest BCUT2D eigenvalue weighted by Crippen LogP contribution is -2.24. The third-order valence-corrected chi connectivity index (χ3v) is 3.16. The van der Waals surface area contributed by atoms with Crippen LogP contribution in [0.3, 0.4) is 0 Å². The molecule has 0 aliphatic carbocycles. The second kappa shape index (κ2) is 6.36. The van der Waals surface area contributed by atoms with Crippen molar-refractivity contribution in [1.29, 1.82) is 0 Å². The highest BCUT2D eigenvalue weighted by Gasteiger charge is 2.26. The molecule has 0 amide bonds. The van der Waals surface area contributed by atoms with Crippen LogP contribution >= 0.6 is 0 Å². The summed E-state index contributed by atoms with van der Waals surface area (Å²) in [6.45, 7) is 1.92. The number of cyclic esters (lactones) is 2. The van der Waals surface area contributed by atoms with Crippen LogP contribution < -0.4 is 0 Å². The molecule has 102 valence electrons. The molecule has 0 unspecified atom stereocenters. The smallest absolute Gasteiger partial charge is 0.309 e. The molecule has 0 aromatic heterocycles. The van der Waals surface area contributed by atoms with E-state index in [-0.39, 0.29) is 37.0 Å². The van der Waals surface area contributed by atoms with Crippen molar-refractivity contribution in [3.8, 4) is 0 Å². The van der Waals surface area contributed by atoms with Gasteiger partial charge < -0.3 is 9.47 Å². The molecule has 0 spiro atoms. The summed E-state index contributed by atoms with van der Waals surface area (Å²) in [5.41, 5.74) is 1.09. The van der Waals surface area contributed by atoms with Crippen molar-refractivity contribution in [3.05, 3.63) is 35.9 Å². The Morgan fingerprint density at radius 3 is 2.68 bits per heavy atom. The monoisotopic (exact) mass is 262 g/mol. The third-order valence-electron chi connectivity index (χ3n) is 3.16. The van der Waals surface area contributed by atoms with Gasteiger partial charge in [0.2, 0.25) is 0 Å². The summed E-state index contributed by atoms with van der Waals surface area (Å²) in [6, 6.07) is 9.79. The summed E-state index contributed by atoms with van der Waals surface area (Å²) in [6.07, 6.45) is 0.988. The minimum Gasteiger partial charge on any atom is -0.465 e. The molecule has 1 aromatic carbocycles. The van der Waals surface area contributed by atoms with E-state index < -0.39 is 0 Å². The molecule has 0 bridgehead atoms. The van der Waals surface area contributed by atoms with Crippen LogP contribution in [0.15, 0.2) is 30.3 Å². The Hall–Kier alpha value is -1.84. The largest absolute Gasteiger partial charge is 0.465 e. The lowest BCUT2D eigenvalue weighted by molar-refractivity contribution is -0.149. The Labute approximate surface area is 112 Å². The van der Waals surface area contributed by atoms with E-state index in [9.17, 15) is 9.59 Å². The fourth-order valence-electron chi connectivity index (χ4n) is 2.25. The molecular formula is C15H18O4.